The van der Waals surface area contributed by atoms with Crippen molar-refractivity contribution >= 4 is 5.91 Å². The summed E-state index contributed by atoms with van der Waals surface area (Å²) in [5.74, 6) is 0.882. The number of carbonyl (C=O) groups is 1. The van der Waals surface area contributed by atoms with Crippen molar-refractivity contribution < 1.29 is 4.79 Å². The van der Waals surface area contributed by atoms with E-state index in [2.05, 4.69) is 37.4 Å². The summed E-state index contributed by atoms with van der Waals surface area (Å²) in [6.45, 7) is 11.0. The van der Waals surface area contributed by atoms with Crippen molar-refractivity contribution in [2.75, 3.05) is 19.6 Å². The van der Waals surface area contributed by atoms with Gasteiger partial charge in [0.05, 0.1) is 12.2 Å². The van der Waals surface area contributed by atoms with E-state index in [-0.39, 0.29) is 5.91 Å². The van der Waals surface area contributed by atoms with Gasteiger partial charge in [-0.15, -0.1) is 0 Å². The molecular formula is C16H28N4O. The topological polar surface area (TPSA) is 50.2 Å². The fraction of sp³-hybridized carbons (Fsp3) is 0.750. The van der Waals surface area contributed by atoms with E-state index in [1.165, 1.54) is 5.56 Å². The number of aryl methyl sites for hydroxylation is 1. The maximum absolute atomic E-state index is 11.3. The Bertz CT molecular complexity index is 463. The molecule has 0 spiro atoms. The molecule has 1 N–H and O–H groups in total. The van der Waals surface area contributed by atoms with Gasteiger partial charge in [0, 0.05) is 32.3 Å². The minimum atomic E-state index is 0.206. The van der Waals surface area contributed by atoms with Crippen LogP contribution in [-0.4, -0.2) is 46.3 Å². The molecule has 5 heteroatoms. The second kappa shape index (κ2) is 7.07. The summed E-state index contributed by atoms with van der Waals surface area (Å²) >= 11 is 0. The lowest BCUT2D eigenvalue weighted by atomic mass is 9.96. The van der Waals surface area contributed by atoms with Crippen LogP contribution in [0.1, 0.15) is 45.2 Å². The summed E-state index contributed by atoms with van der Waals surface area (Å²) in [6, 6.07) is 0.728. The molecule has 0 radical (unpaired) electrons. The molecule has 1 saturated heterocycles. The van der Waals surface area contributed by atoms with Crippen LogP contribution in [-0.2, 0) is 4.79 Å². The highest BCUT2D eigenvalue weighted by Gasteiger charge is 2.22. The van der Waals surface area contributed by atoms with Crippen molar-refractivity contribution in [3.05, 3.63) is 18.0 Å². The molecule has 1 aliphatic heterocycles. The molecule has 1 aromatic heterocycles. The summed E-state index contributed by atoms with van der Waals surface area (Å²) in [6.07, 6.45) is 6.21. The van der Waals surface area contributed by atoms with Crippen LogP contribution < -0.4 is 5.32 Å². The van der Waals surface area contributed by atoms with Gasteiger partial charge in [0.15, 0.2) is 0 Å². The lowest BCUT2D eigenvalue weighted by molar-refractivity contribution is -0.130. The van der Waals surface area contributed by atoms with Gasteiger partial charge >= 0.3 is 0 Å². The first-order valence-corrected chi connectivity index (χ1v) is 7.97. The fourth-order valence-electron chi connectivity index (χ4n) is 2.86. The zero-order valence-electron chi connectivity index (χ0n) is 13.7. The second-order valence-electron chi connectivity index (χ2n) is 6.38. The predicted octanol–water partition coefficient (Wildman–Crippen LogP) is 1.99. The molecule has 0 unspecified atom stereocenters. The molecule has 0 aromatic carbocycles. The average Bonchev–Trinajstić information content (AvgIpc) is 2.91. The number of likely N-dealkylation sites (tertiary alicyclic amines) is 1. The monoisotopic (exact) mass is 292 g/mol. The van der Waals surface area contributed by atoms with Crippen molar-refractivity contribution in [3.8, 4) is 0 Å². The highest BCUT2D eigenvalue weighted by atomic mass is 16.2. The third-order valence-corrected chi connectivity index (χ3v) is 4.66. The molecule has 21 heavy (non-hydrogen) atoms. The van der Waals surface area contributed by atoms with E-state index >= 15 is 0 Å². The Morgan fingerprint density at radius 2 is 2.10 bits per heavy atom. The minimum Gasteiger partial charge on any atom is -0.343 e. The largest absolute Gasteiger partial charge is 0.343 e. The first-order chi connectivity index (χ1) is 9.97. The van der Waals surface area contributed by atoms with Crippen LogP contribution in [0.2, 0.25) is 0 Å². The number of piperidine rings is 1. The van der Waals surface area contributed by atoms with Gasteiger partial charge < -0.3 is 10.2 Å². The fourth-order valence-corrected chi connectivity index (χ4v) is 2.86. The minimum absolute atomic E-state index is 0.206. The molecule has 5 nitrogen and oxygen atoms in total. The van der Waals surface area contributed by atoms with Gasteiger partial charge in [-0.05, 0) is 51.6 Å². The normalized spacial score (nSPS) is 19.5. The number of nitrogens with zero attached hydrogens (tertiary/aromatic N) is 3. The Balaban J connectivity index is 1.74. The number of aromatic nitrogens is 2. The van der Waals surface area contributed by atoms with E-state index in [1.54, 1.807) is 6.92 Å². The van der Waals surface area contributed by atoms with Crippen LogP contribution >= 0.6 is 0 Å². The quantitative estimate of drug-likeness (QED) is 0.903. The molecule has 1 aromatic rings. The zero-order chi connectivity index (χ0) is 15.4. The first kappa shape index (κ1) is 16.0. The van der Waals surface area contributed by atoms with E-state index in [0.717, 1.165) is 32.5 Å². The molecule has 2 rings (SSSR count). The van der Waals surface area contributed by atoms with Crippen LogP contribution in [0.5, 0.6) is 0 Å². The number of carbonyl (C=O) groups excluding carboxylic acids is 1. The Morgan fingerprint density at radius 3 is 2.62 bits per heavy atom. The molecule has 0 aliphatic carbocycles. The Kier molecular flexibility index (Phi) is 5.39. The van der Waals surface area contributed by atoms with Crippen LogP contribution in [0.25, 0.3) is 0 Å². The van der Waals surface area contributed by atoms with Gasteiger partial charge in [-0.3, -0.25) is 9.48 Å². The number of amides is 1. The van der Waals surface area contributed by atoms with Gasteiger partial charge in [-0.2, -0.15) is 5.10 Å². The van der Waals surface area contributed by atoms with Crippen molar-refractivity contribution in [1.29, 1.82) is 0 Å². The van der Waals surface area contributed by atoms with Crippen molar-refractivity contribution in [2.45, 2.75) is 52.6 Å². The summed E-state index contributed by atoms with van der Waals surface area (Å²) < 4.78 is 2.03. The highest BCUT2D eigenvalue weighted by molar-refractivity contribution is 5.73. The SMILES string of the molecule is CC(=O)N1CCC(CN[C@H](C)[C@H](C)n2cc(C)cn2)CC1. The maximum atomic E-state index is 11.3. The Labute approximate surface area is 127 Å². The molecule has 1 amide bonds. The van der Waals surface area contributed by atoms with Crippen molar-refractivity contribution in [1.82, 2.24) is 20.0 Å². The first-order valence-electron chi connectivity index (χ1n) is 7.97. The van der Waals surface area contributed by atoms with Crippen LogP contribution in [0.3, 0.4) is 0 Å². The van der Waals surface area contributed by atoms with E-state index in [0.29, 0.717) is 18.0 Å². The van der Waals surface area contributed by atoms with Crippen LogP contribution in [0.4, 0.5) is 0 Å². The molecule has 0 bridgehead atoms. The van der Waals surface area contributed by atoms with Crippen molar-refractivity contribution in [2.24, 2.45) is 5.92 Å². The summed E-state index contributed by atoms with van der Waals surface area (Å²) in [5, 5.41) is 8.03. The molecule has 1 fully saturated rings. The van der Waals surface area contributed by atoms with Crippen LogP contribution in [0, 0.1) is 12.8 Å². The number of rotatable bonds is 5. The molecular weight excluding hydrogens is 264 g/mol. The van der Waals surface area contributed by atoms with Crippen LogP contribution in [0.15, 0.2) is 12.4 Å². The Morgan fingerprint density at radius 1 is 1.43 bits per heavy atom. The van der Waals surface area contributed by atoms with Gasteiger partial charge in [-0.25, -0.2) is 0 Å². The highest BCUT2D eigenvalue weighted by Crippen LogP contribution is 2.18. The maximum Gasteiger partial charge on any atom is 0.219 e. The average molecular weight is 292 g/mol. The van der Waals surface area contributed by atoms with Gasteiger partial charge in [0.1, 0.15) is 0 Å². The van der Waals surface area contributed by atoms with Gasteiger partial charge in [0.25, 0.3) is 0 Å². The summed E-state index contributed by atoms with van der Waals surface area (Å²) in [4.78, 5) is 13.3. The Hall–Kier alpha value is -1.36. The standard InChI is InChI=1S/C16H28N4O/c1-12-9-18-20(11-12)14(3)13(2)17-10-16-5-7-19(8-6-16)15(4)21/h9,11,13-14,16-17H,5-8,10H2,1-4H3/t13-,14+/m1/s1. The third-order valence-electron chi connectivity index (χ3n) is 4.66. The zero-order valence-corrected chi connectivity index (χ0v) is 13.7. The van der Waals surface area contributed by atoms with E-state index < -0.39 is 0 Å². The predicted molar refractivity (Wildman–Crippen MR) is 84.1 cm³/mol. The van der Waals surface area contributed by atoms with E-state index in [9.17, 15) is 4.79 Å². The number of nitrogens with one attached hydrogen (secondary N) is 1. The molecule has 2 heterocycles. The number of hydrogen-bond acceptors (Lipinski definition) is 3. The lowest BCUT2D eigenvalue weighted by Crippen LogP contribution is -2.42. The van der Waals surface area contributed by atoms with E-state index in [1.807, 2.05) is 15.8 Å². The molecule has 0 saturated carbocycles. The van der Waals surface area contributed by atoms with E-state index in [4.69, 9.17) is 0 Å². The molecule has 118 valence electrons. The van der Waals surface area contributed by atoms with Gasteiger partial charge in [0.2, 0.25) is 5.91 Å². The molecule has 2 atom stereocenters. The molecule has 1 aliphatic rings. The smallest absolute Gasteiger partial charge is 0.219 e. The second-order valence-corrected chi connectivity index (χ2v) is 6.38. The van der Waals surface area contributed by atoms with Gasteiger partial charge in [-0.1, -0.05) is 0 Å². The lowest BCUT2D eigenvalue weighted by Gasteiger charge is -2.32. The number of hydrogen-bond donors (Lipinski definition) is 1. The van der Waals surface area contributed by atoms with Crippen molar-refractivity contribution in [3.63, 3.8) is 0 Å². The summed E-state index contributed by atoms with van der Waals surface area (Å²) in [7, 11) is 0. The third kappa shape index (κ3) is 4.30. The summed E-state index contributed by atoms with van der Waals surface area (Å²) in [5.41, 5.74) is 1.20.